The van der Waals surface area contributed by atoms with E-state index < -0.39 is 0 Å². The minimum Gasteiger partial charge on any atom is -0.457 e. The highest BCUT2D eigenvalue weighted by Crippen LogP contribution is 2.22. The maximum Gasteiger partial charge on any atom is 0.293 e. The van der Waals surface area contributed by atoms with Crippen molar-refractivity contribution in [3.05, 3.63) is 0 Å². The number of ether oxygens (including phenoxy) is 1. The SMILES string of the molecule is CC(C)(C)SCOC=O. The molecule has 54 valence electrons. The lowest BCUT2D eigenvalue weighted by Crippen LogP contribution is -2.08. The zero-order valence-electron chi connectivity index (χ0n) is 6.01. The van der Waals surface area contributed by atoms with Gasteiger partial charge < -0.3 is 4.74 Å². The molecule has 0 saturated carbocycles. The van der Waals surface area contributed by atoms with Gasteiger partial charge in [0.15, 0.2) is 0 Å². The molecule has 2 nitrogen and oxygen atoms in total. The summed E-state index contributed by atoms with van der Waals surface area (Å²) in [4.78, 5) is 9.66. The third-order valence-electron chi connectivity index (χ3n) is 0.628. The van der Waals surface area contributed by atoms with Crippen molar-refractivity contribution < 1.29 is 9.53 Å². The van der Waals surface area contributed by atoms with Gasteiger partial charge in [0.1, 0.15) is 5.94 Å². The van der Waals surface area contributed by atoms with E-state index in [1.807, 2.05) is 0 Å². The molecular formula is C6H12O2S. The molecule has 3 heteroatoms. The van der Waals surface area contributed by atoms with Crippen molar-refractivity contribution in [1.29, 1.82) is 0 Å². The van der Waals surface area contributed by atoms with Crippen LogP contribution in [0.2, 0.25) is 0 Å². The third-order valence-corrected chi connectivity index (χ3v) is 1.75. The number of carbonyl (C=O) groups excluding carboxylic acids is 1. The van der Waals surface area contributed by atoms with Gasteiger partial charge in [0, 0.05) is 4.75 Å². The molecule has 0 aliphatic carbocycles. The summed E-state index contributed by atoms with van der Waals surface area (Å²) in [7, 11) is 0. The van der Waals surface area contributed by atoms with Crippen molar-refractivity contribution in [3.63, 3.8) is 0 Å². The van der Waals surface area contributed by atoms with Gasteiger partial charge in [-0.05, 0) is 0 Å². The lowest BCUT2D eigenvalue weighted by molar-refractivity contribution is -0.126. The summed E-state index contributed by atoms with van der Waals surface area (Å²) in [6.45, 7) is 6.70. The van der Waals surface area contributed by atoms with Gasteiger partial charge in [0.25, 0.3) is 6.47 Å². The van der Waals surface area contributed by atoms with Gasteiger partial charge in [-0.1, -0.05) is 20.8 Å². The normalized spacial score (nSPS) is 11.0. The van der Waals surface area contributed by atoms with Crippen LogP contribution >= 0.6 is 11.8 Å². The largest absolute Gasteiger partial charge is 0.457 e. The molecule has 0 radical (unpaired) electrons. The predicted octanol–water partition coefficient (Wildman–Crippen LogP) is 1.65. The van der Waals surface area contributed by atoms with E-state index in [2.05, 4.69) is 25.5 Å². The van der Waals surface area contributed by atoms with Crippen molar-refractivity contribution in [2.45, 2.75) is 25.5 Å². The highest BCUT2D eigenvalue weighted by atomic mass is 32.2. The van der Waals surface area contributed by atoms with Crippen LogP contribution in [-0.2, 0) is 9.53 Å². The van der Waals surface area contributed by atoms with Crippen molar-refractivity contribution in [2.75, 3.05) is 5.94 Å². The van der Waals surface area contributed by atoms with Gasteiger partial charge in [0.05, 0.1) is 0 Å². The number of carbonyl (C=O) groups is 1. The Labute approximate surface area is 60.0 Å². The number of hydrogen-bond acceptors (Lipinski definition) is 3. The lowest BCUT2D eigenvalue weighted by Gasteiger charge is -2.15. The van der Waals surface area contributed by atoms with Crippen molar-refractivity contribution in [3.8, 4) is 0 Å². The van der Waals surface area contributed by atoms with E-state index in [9.17, 15) is 4.79 Å². The maximum absolute atomic E-state index is 9.66. The average Bonchev–Trinajstić information content (AvgIpc) is 1.63. The zero-order chi connectivity index (χ0) is 7.33. The van der Waals surface area contributed by atoms with E-state index in [-0.39, 0.29) is 4.75 Å². The number of thioether (sulfide) groups is 1. The predicted molar refractivity (Wildman–Crippen MR) is 39.4 cm³/mol. The van der Waals surface area contributed by atoms with Crippen LogP contribution in [0.3, 0.4) is 0 Å². The Kier molecular flexibility index (Phi) is 3.70. The first-order valence-electron chi connectivity index (χ1n) is 2.75. The van der Waals surface area contributed by atoms with Crippen LogP contribution in [0.4, 0.5) is 0 Å². The monoisotopic (exact) mass is 148 g/mol. The topological polar surface area (TPSA) is 26.3 Å². The summed E-state index contributed by atoms with van der Waals surface area (Å²) >= 11 is 1.60. The molecule has 0 heterocycles. The van der Waals surface area contributed by atoms with Crippen LogP contribution < -0.4 is 0 Å². The summed E-state index contributed by atoms with van der Waals surface area (Å²) in [5.74, 6) is 0.451. The molecule has 0 saturated heterocycles. The minimum absolute atomic E-state index is 0.184. The molecule has 0 spiro atoms. The van der Waals surface area contributed by atoms with Gasteiger partial charge >= 0.3 is 0 Å². The highest BCUT2D eigenvalue weighted by molar-refractivity contribution is 8.00. The summed E-state index contributed by atoms with van der Waals surface area (Å²) in [5, 5.41) is 0. The van der Waals surface area contributed by atoms with Crippen molar-refractivity contribution in [1.82, 2.24) is 0 Å². The van der Waals surface area contributed by atoms with E-state index in [0.717, 1.165) is 0 Å². The average molecular weight is 148 g/mol. The number of rotatable bonds is 3. The molecule has 0 bridgehead atoms. The fourth-order valence-corrected chi connectivity index (χ4v) is 0.716. The van der Waals surface area contributed by atoms with Gasteiger partial charge in [-0.2, -0.15) is 0 Å². The van der Waals surface area contributed by atoms with Gasteiger partial charge in [0.2, 0.25) is 0 Å². The molecular weight excluding hydrogens is 136 g/mol. The molecule has 0 amide bonds. The molecule has 0 aromatic heterocycles. The number of hydrogen-bond donors (Lipinski definition) is 0. The standard InChI is InChI=1S/C6H12O2S/c1-6(2,3)9-5-8-4-7/h4H,5H2,1-3H3. The molecule has 0 atom stereocenters. The first-order valence-corrected chi connectivity index (χ1v) is 3.74. The fraction of sp³-hybridized carbons (Fsp3) is 0.833. The van der Waals surface area contributed by atoms with Gasteiger partial charge in [-0.25, -0.2) is 0 Å². The molecule has 0 N–H and O–H groups in total. The maximum atomic E-state index is 9.66. The fourth-order valence-electron chi connectivity index (χ4n) is 0.239. The van der Waals surface area contributed by atoms with E-state index >= 15 is 0 Å². The Morgan fingerprint density at radius 2 is 2.11 bits per heavy atom. The van der Waals surface area contributed by atoms with Crippen LogP contribution in [0.5, 0.6) is 0 Å². The lowest BCUT2D eigenvalue weighted by atomic mass is 10.3. The van der Waals surface area contributed by atoms with Crippen LogP contribution in [0.15, 0.2) is 0 Å². The Morgan fingerprint density at radius 3 is 2.44 bits per heavy atom. The first-order chi connectivity index (χ1) is 4.06. The second kappa shape index (κ2) is 3.77. The second-order valence-corrected chi connectivity index (χ2v) is 4.39. The van der Waals surface area contributed by atoms with Crippen LogP contribution in [0.1, 0.15) is 20.8 Å². The summed E-state index contributed by atoms with van der Waals surface area (Å²) < 4.78 is 4.68. The van der Waals surface area contributed by atoms with Crippen molar-refractivity contribution in [2.24, 2.45) is 0 Å². The third kappa shape index (κ3) is 7.82. The molecule has 0 aliphatic rings. The summed E-state index contributed by atoms with van der Waals surface area (Å²) in [6.07, 6.45) is 0. The van der Waals surface area contributed by atoms with E-state index in [1.165, 1.54) is 0 Å². The molecule has 0 aliphatic heterocycles. The Bertz CT molecular complexity index is 85.5. The van der Waals surface area contributed by atoms with Crippen molar-refractivity contribution >= 4 is 18.2 Å². The Hall–Kier alpha value is -0.180. The second-order valence-electron chi connectivity index (χ2n) is 2.64. The van der Waals surface area contributed by atoms with Crippen LogP contribution in [-0.4, -0.2) is 17.2 Å². The molecule has 0 unspecified atom stereocenters. The Morgan fingerprint density at radius 1 is 1.56 bits per heavy atom. The van der Waals surface area contributed by atoms with Gasteiger partial charge in [-0.15, -0.1) is 11.8 Å². The van der Waals surface area contributed by atoms with E-state index in [0.29, 0.717) is 12.4 Å². The van der Waals surface area contributed by atoms with Gasteiger partial charge in [-0.3, -0.25) is 4.79 Å². The summed E-state index contributed by atoms with van der Waals surface area (Å²) in [6, 6.07) is 0. The van der Waals surface area contributed by atoms with E-state index in [4.69, 9.17) is 0 Å². The zero-order valence-corrected chi connectivity index (χ0v) is 6.83. The smallest absolute Gasteiger partial charge is 0.293 e. The first kappa shape index (κ1) is 8.82. The molecule has 9 heavy (non-hydrogen) atoms. The quantitative estimate of drug-likeness (QED) is 0.346. The van der Waals surface area contributed by atoms with Crippen LogP contribution in [0.25, 0.3) is 0 Å². The molecule has 0 rings (SSSR count). The molecule has 0 fully saturated rings. The van der Waals surface area contributed by atoms with E-state index in [1.54, 1.807) is 11.8 Å². The Balaban J connectivity index is 3.17. The minimum atomic E-state index is 0.184. The highest BCUT2D eigenvalue weighted by Gasteiger charge is 2.09. The van der Waals surface area contributed by atoms with Crippen LogP contribution in [0, 0.1) is 0 Å². The molecule has 0 aromatic rings. The molecule has 0 aromatic carbocycles. The summed E-state index contributed by atoms with van der Waals surface area (Å²) in [5.41, 5.74) is 0.